The minimum Gasteiger partial charge on any atom is -0.497 e. The number of hydrogen-bond donors (Lipinski definition) is 1. The molecular weight excluding hydrogens is 308 g/mol. The summed E-state index contributed by atoms with van der Waals surface area (Å²) in [6.07, 6.45) is 3.57. The molecule has 1 N–H and O–H groups in total. The Kier molecular flexibility index (Phi) is 3.68. The van der Waals surface area contributed by atoms with Gasteiger partial charge in [0.1, 0.15) is 17.8 Å². The SMILES string of the molecule is COc1ccc(C2CCCN2c2ncnc3c2NC(=O)CO3)cc1. The number of ether oxygens (including phenoxy) is 2. The Bertz CT molecular complexity index is 763. The van der Waals surface area contributed by atoms with Crippen LogP contribution in [0.5, 0.6) is 11.6 Å². The second-order valence-corrected chi connectivity index (χ2v) is 5.84. The molecule has 0 radical (unpaired) electrons. The van der Waals surface area contributed by atoms with Gasteiger partial charge in [-0.15, -0.1) is 0 Å². The zero-order valence-electron chi connectivity index (χ0n) is 13.4. The molecule has 2 aliphatic rings. The maximum Gasteiger partial charge on any atom is 0.262 e. The molecule has 7 nitrogen and oxygen atoms in total. The first-order chi connectivity index (χ1) is 11.8. The van der Waals surface area contributed by atoms with Gasteiger partial charge in [-0.3, -0.25) is 4.79 Å². The van der Waals surface area contributed by atoms with E-state index in [1.54, 1.807) is 7.11 Å². The molecule has 1 amide bonds. The topological polar surface area (TPSA) is 76.6 Å². The molecule has 1 unspecified atom stereocenters. The predicted molar refractivity (Wildman–Crippen MR) is 88.5 cm³/mol. The largest absolute Gasteiger partial charge is 0.497 e. The molecule has 1 aromatic carbocycles. The number of hydrogen-bond acceptors (Lipinski definition) is 6. The first-order valence-corrected chi connectivity index (χ1v) is 7.94. The summed E-state index contributed by atoms with van der Waals surface area (Å²) in [5.74, 6) is 1.80. The summed E-state index contributed by atoms with van der Waals surface area (Å²) < 4.78 is 10.6. The highest BCUT2D eigenvalue weighted by molar-refractivity contribution is 5.98. The van der Waals surface area contributed by atoms with Crippen LogP contribution in [0.15, 0.2) is 30.6 Å². The van der Waals surface area contributed by atoms with Gasteiger partial charge in [-0.25, -0.2) is 4.98 Å². The number of aromatic nitrogens is 2. The minimum atomic E-state index is -0.182. The fourth-order valence-corrected chi connectivity index (χ4v) is 3.30. The van der Waals surface area contributed by atoms with Crippen molar-refractivity contribution in [2.24, 2.45) is 0 Å². The van der Waals surface area contributed by atoms with Crippen molar-refractivity contribution in [1.29, 1.82) is 0 Å². The molecule has 124 valence electrons. The van der Waals surface area contributed by atoms with Gasteiger partial charge in [0.2, 0.25) is 5.88 Å². The number of nitrogens with zero attached hydrogens (tertiary/aromatic N) is 3. The van der Waals surface area contributed by atoms with E-state index in [1.807, 2.05) is 12.1 Å². The molecule has 1 aromatic heterocycles. The molecule has 0 aliphatic carbocycles. The number of carbonyl (C=O) groups is 1. The van der Waals surface area contributed by atoms with Gasteiger partial charge in [-0.05, 0) is 30.5 Å². The van der Waals surface area contributed by atoms with Crippen LogP contribution in [-0.4, -0.2) is 36.1 Å². The number of nitrogens with one attached hydrogen (secondary N) is 1. The van der Waals surface area contributed by atoms with Crippen molar-refractivity contribution in [3.8, 4) is 11.6 Å². The molecule has 1 atom stereocenters. The van der Waals surface area contributed by atoms with Crippen LogP contribution >= 0.6 is 0 Å². The Labute approximate surface area is 139 Å². The quantitative estimate of drug-likeness (QED) is 0.931. The lowest BCUT2D eigenvalue weighted by atomic mass is 10.0. The number of benzene rings is 1. The predicted octanol–water partition coefficient (Wildman–Crippen LogP) is 2.16. The van der Waals surface area contributed by atoms with Crippen molar-refractivity contribution in [1.82, 2.24) is 9.97 Å². The van der Waals surface area contributed by atoms with Crippen molar-refractivity contribution >= 4 is 17.4 Å². The van der Waals surface area contributed by atoms with E-state index in [0.29, 0.717) is 17.4 Å². The van der Waals surface area contributed by atoms with Gasteiger partial charge < -0.3 is 19.7 Å². The molecule has 2 aliphatic heterocycles. The Balaban J connectivity index is 1.69. The second kappa shape index (κ2) is 5.99. The van der Waals surface area contributed by atoms with Gasteiger partial charge in [0.25, 0.3) is 5.91 Å². The van der Waals surface area contributed by atoms with E-state index in [0.717, 1.165) is 25.1 Å². The van der Waals surface area contributed by atoms with Crippen molar-refractivity contribution in [2.45, 2.75) is 18.9 Å². The molecule has 4 rings (SSSR count). The lowest BCUT2D eigenvalue weighted by Crippen LogP contribution is -2.30. The summed E-state index contributed by atoms with van der Waals surface area (Å²) in [6, 6.07) is 8.28. The number of methoxy groups -OCH3 is 1. The fourth-order valence-electron chi connectivity index (χ4n) is 3.30. The maximum absolute atomic E-state index is 11.7. The number of amides is 1. The molecule has 24 heavy (non-hydrogen) atoms. The summed E-state index contributed by atoms with van der Waals surface area (Å²) in [5.41, 5.74) is 1.76. The van der Waals surface area contributed by atoms with Crippen molar-refractivity contribution in [3.63, 3.8) is 0 Å². The minimum absolute atomic E-state index is 0.00857. The molecule has 0 spiro atoms. The van der Waals surface area contributed by atoms with Crippen molar-refractivity contribution in [2.75, 3.05) is 30.5 Å². The van der Waals surface area contributed by atoms with Crippen LogP contribution in [-0.2, 0) is 4.79 Å². The van der Waals surface area contributed by atoms with Crippen molar-refractivity contribution < 1.29 is 14.3 Å². The van der Waals surface area contributed by atoms with Crippen LogP contribution < -0.4 is 19.7 Å². The van der Waals surface area contributed by atoms with Gasteiger partial charge >= 0.3 is 0 Å². The molecule has 3 heterocycles. The summed E-state index contributed by atoms with van der Waals surface area (Å²) in [6.45, 7) is 0.862. The first kappa shape index (κ1) is 14.7. The number of anilines is 2. The first-order valence-electron chi connectivity index (χ1n) is 7.94. The van der Waals surface area contributed by atoms with Crippen LogP contribution in [0.2, 0.25) is 0 Å². The third-order valence-electron chi connectivity index (χ3n) is 4.42. The van der Waals surface area contributed by atoms with Crippen LogP contribution in [0.4, 0.5) is 11.5 Å². The third-order valence-corrected chi connectivity index (χ3v) is 4.42. The van der Waals surface area contributed by atoms with E-state index in [2.05, 4.69) is 32.3 Å². The molecule has 2 aromatic rings. The Morgan fingerprint density at radius 1 is 1.29 bits per heavy atom. The fraction of sp³-hybridized carbons (Fsp3) is 0.353. The zero-order chi connectivity index (χ0) is 16.5. The van der Waals surface area contributed by atoms with E-state index in [1.165, 1.54) is 11.9 Å². The van der Waals surface area contributed by atoms with Gasteiger partial charge in [0.05, 0.1) is 13.2 Å². The van der Waals surface area contributed by atoms with Crippen molar-refractivity contribution in [3.05, 3.63) is 36.2 Å². The number of carbonyl (C=O) groups excluding carboxylic acids is 1. The van der Waals surface area contributed by atoms with E-state index >= 15 is 0 Å². The Morgan fingerprint density at radius 3 is 2.92 bits per heavy atom. The average Bonchev–Trinajstić information content (AvgIpc) is 3.10. The molecule has 1 fully saturated rings. The standard InChI is InChI=1S/C17H18N4O3/c1-23-12-6-4-11(5-7-12)13-3-2-8-21(13)16-15-17(19-10-18-16)24-9-14(22)20-15/h4-7,10,13H,2-3,8-9H2,1H3,(H,20,22). The highest BCUT2D eigenvalue weighted by Gasteiger charge is 2.32. The molecular formula is C17H18N4O3. The summed E-state index contributed by atoms with van der Waals surface area (Å²) in [4.78, 5) is 22.4. The number of fused-ring (bicyclic) bond motifs is 1. The summed E-state index contributed by atoms with van der Waals surface area (Å²) in [5, 5.41) is 2.85. The van der Waals surface area contributed by atoms with Gasteiger partial charge in [-0.1, -0.05) is 12.1 Å². The normalized spacial score (nSPS) is 19.5. The van der Waals surface area contributed by atoms with E-state index < -0.39 is 0 Å². The van der Waals surface area contributed by atoms with Crippen LogP contribution in [0, 0.1) is 0 Å². The van der Waals surface area contributed by atoms with E-state index in [9.17, 15) is 4.79 Å². The average molecular weight is 326 g/mol. The lowest BCUT2D eigenvalue weighted by Gasteiger charge is -2.29. The Hall–Kier alpha value is -2.83. The van der Waals surface area contributed by atoms with Gasteiger partial charge in [-0.2, -0.15) is 4.98 Å². The maximum atomic E-state index is 11.7. The number of rotatable bonds is 3. The van der Waals surface area contributed by atoms with E-state index in [4.69, 9.17) is 9.47 Å². The Morgan fingerprint density at radius 2 is 2.12 bits per heavy atom. The highest BCUT2D eigenvalue weighted by atomic mass is 16.5. The zero-order valence-corrected chi connectivity index (χ0v) is 13.4. The third kappa shape index (κ3) is 2.51. The van der Waals surface area contributed by atoms with Gasteiger partial charge in [0.15, 0.2) is 12.4 Å². The van der Waals surface area contributed by atoms with Crippen LogP contribution in [0.3, 0.4) is 0 Å². The molecule has 0 saturated carbocycles. The van der Waals surface area contributed by atoms with E-state index in [-0.39, 0.29) is 18.6 Å². The molecule has 1 saturated heterocycles. The lowest BCUT2D eigenvalue weighted by molar-refractivity contribution is -0.118. The summed E-state index contributed by atoms with van der Waals surface area (Å²) >= 11 is 0. The highest BCUT2D eigenvalue weighted by Crippen LogP contribution is 2.41. The summed E-state index contributed by atoms with van der Waals surface area (Å²) in [7, 11) is 1.66. The smallest absolute Gasteiger partial charge is 0.262 e. The monoisotopic (exact) mass is 326 g/mol. The molecule has 7 heteroatoms. The van der Waals surface area contributed by atoms with Crippen LogP contribution in [0.1, 0.15) is 24.4 Å². The second-order valence-electron chi connectivity index (χ2n) is 5.84. The molecule has 0 bridgehead atoms. The van der Waals surface area contributed by atoms with Crippen LogP contribution in [0.25, 0.3) is 0 Å². The van der Waals surface area contributed by atoms with Gasteiger partial charge in [0, 0.05) is 6.54 Å².